The highest BCUT2D eigenvalue weighted by Crippen LogP contribution is 2.39. The molecular weight excluding hydrogens is 212 g/mol. The molecule has 0 bridgehead atoms. The van der Waals surface area contributed by atoms with Crippen molar-refractivity contribution in [1.29, 1.82) is 0 Å². The number of hydrogen-bond acceptors (Lipinski definition) is 2. The molecule has 0 amide bonds. The van der Waals surface area contributed by atoms with Crippen molar-refractivity contribution in [3.63, 3.8) is 0 Å². The lowest BCUT2D eigenvalue weighted by atomic mass is 9.94. The van der Waals surface area contributed by atoms with E-state index in [2.05, 4.69) is 39.8 Å². The first-order chi connectivity index (χ1) is 7.93. The molecule has 0 aliphatic heterocycles. The van der Waals surface area contributed by atoms with Crippen molar-refractivity contribution in [2.45, 2.75) is 40.5 Å². The lowest BCUT2D eigenvalue weighted by Crippen LogP contribution is -2.19. The number of rotatable bonds is 3. The van der Waals surface area contributed by atoms with Gasteiger partial charge in [0.05, 0.1) is 13.0 Å². The molecule has 17 heavy (non-hydrogen) atoms. The van der Waals surface area contributed by atoms with Crippen molar-refractivity contribution < 1.29 is 9.53 Å². The minimum atomic E-state index is -0.0582. The summed E-state index contributed by atoms with van der Waals surface area (Å²) in [5.41, 5.74) is 2.61. The fourth-order valence-electron chi connectivity index (χ4n) is 2.75. The van der Waals surface area contributed by atoms with E-state index in [9.17, 15) is 4.79 Å². The predicted molar refractivity (Wildman–Crippen MR) is 70.6 cm³/mol. The van der Waals surface area contributed by atoms with Crippen LogP contribution in [0.5, 0.6) is 0 Å². The van der Waals surface area contributed by atoms with Gasteiger partial charge in [0.1, 0.15) is 0 Å². The zero-order valence-electron chi connectivity index (χ0n) is 11.6. The van der Waals surface area contributed by atoms with E-state index in [1.54, 1.807) is 0 Å². The standard InChI is InChI=1S/C15H24O2/c1-10(2)6-12-8-13(7-11(3)4)14(9-12)15(16)17-5/h6-7,12-14H,8-9H2,1-5H3. The third-order valence-electron chi connectivity index (χ3n) is 3.27. The Morgan fingerprint density at radius 3 is 2.12 bits per heavy atom. The first-order valence-electron chi connectivity index (χ1n) is 6.32. The summed E-state index contributed by atoms with van der Waals surface area (Å²) in [6.07, 6.45) is 6.50. The fraction of sp³-hybridized carbons (Fsp3) is 0.667. The summed E-state index contributed by atoms with van der Waals surface area (Å²) >= 11 is 0. The highest BCUT2D eigenvalue weighted by Gasteiger charge is 2.37. The normalized spacial score (nSPS) is 27.5. The highest BCUT2D eigenvalue weighted by molar-refractivity contribution is 5.73. The molecular formula is C15H24O2. The average molecular weight is 236 g/mol. The maximum Gasteiger partial charge on any atom is 0.309 e. The van der Waals surface area contributed by atoms with Crippen molar-refractivity contribution >= 4 is 5.97 Å². The van der Waals surface area contributed by atoms with Crippen LogP contribution in [0.4, 0.5) is 0 Å². The van der Waals surface area contributed by atoms with Crippen LogP contribution in [0.15, 0.2) is 23.3 Å². The summed E-state index contributed by atoms with van der Waals surface area (Å²) in [6.45, 7) is 8.40. The van der Waals surface area contributed by atoms with Gasteiger partial charge in [-0.15, -0.1) is 0 Å². The molecule has 1 rings (SSSR count). The zero-order chi connectivity index (χ0) is 13.0. The summed E-state index contributed by atoms with van der Waals surface area (Å²) in [6, 6.07) is 0. The Morgan fingerprint density at radius 1 is 1.06 bits per heavy atom. The molecule has 0 spiro atoms. The SMILES string of the molecule is COC(=O)C1CC(C=C(C)C)CC1C=C(C)C. The predicted octanol–water partition coefficient (Wildman–Crippen LogP) is 3.73. The van der Waals surface area contributed by atoms with E-state index in [4.69, 9.17) is 4.74 Å². The van der Waals surface area contributed by atoms with Gasteiger partial charge in [-0.1, -0.05) is 23.3 Å². The summed E-state index contributed by atoms with van der Waals surface area (Å²) in [7, 11) is 1.48. The maximum absolute atomic E-state index is 11.8. The molecule has 3 unspecified atom stereocenters. The minimum absolute atomic E-state index is 0.0375. The van der Waals surface area contributed by atoms with Gasteiger partial charge in [-0.3, -0.25) is 4.79 Å². The molecule has 2 heteroatoms. The van der Waals surface area contributed by atoms with E-state index in [1.165, 1.54) is 18.3 Å². The summed E-state index contributed by atoms with van der Waals surface area (Å²) in [5, 5.41) is 0. The van der Waals surface area contributed by atoms with Crippen LogP contribution < -0.4 is 0 Å². The quantitative estimate of drug-likeness (QED) is 0.551. The molecule has 0 aromatic carbocycles. The Morgan fingerprint density at radius 2 is 1.65 bits per heavy atom. The Bertz CT molecular complexity index is 331. The van der Waals surface area contributed by atoms with Crippen molar-refractivity contribution in [2.24, 2.45) is 17.8 Å². The highest BCUT2D eigenvalue weighted by atomic mass is 16.5. The molecule has 0 aromatic rings. The van der Waals surface area contributed by atoms with E-state index in [0.717, 1.165) is 12.8 Å². The van der Waals surface area contributed by atoms with Crippen LogP contribution in [0.1, 0.15) is 40.5 Å². The van der Waals surface area contributed by atoms with Gasteiger partial charge in [0, 0.05) is 0 Å². The number of allylic oxidation sites excluding steroid dienone is 4. The number of methoxy groups -OCH3 is 1. The van der Waals surface area contributed by atoms with Gasteiger partial charge in [-0.05, 0) is 52.4 Å². The smallest absolute Gasteiger partial charge is 0.309 e. The van der Waals surface area contributed by atoms with Crippen LogP contribution in [0.25, 0.3) is 0 Å². The lowest BCUT2D eigenvalue weighted by molar-refractivity contribution is -0.146. The first-order valence-corrected chi connectivity index (χ1v) is 6.32. The summed E-state index contributed by atoms with van der Waals surface area (Å²) in [4.78, 5) is 11.8. The number of carbonyl (C=O) groups excluding carboxylic acids is 1. The molecule has 3 atom stereocenters. The topological polar surface area (TPSA) is 26.3 Å². The van der Waals surface area contributed by atoms with Gasteiger partial charge in [-0.25, -0.2) is 0 Å². The van der Waals surface area contributed by atoms with Gasteiger partial charge in [-0.2, -0.15) is 0 Å². The third kappa shape index (κ3) is 4.03. The Balaban J connectivity index is 2.83. The first kappa shape index (κ1) is 14.0. The van der Waals surface area contributed by atoms with Gasteiger partial charge in [0.15, 0.2) is 0 Å². The van der Waals surface area contributed by atoms with Gasteiger partial charge >= 0.3 is 5.97 Å². The largest absolute Gasteiger partial charge is 0.469 e. The molecule has 0 heterocycles. The molecule has 0 radical (unpaired) electrons. The number of carbonyl (C=O) groups is 1. The fourth-order valence-corrected chi connectivity index (χ4v) is 2.75. The molecule has 0 saturated heterocycles. The molecule has 2 nitrogen and oxygen atoms in total. The number of esters is 1. The molecule has 1 aliphatic carbocycles. The number of hydrogen-bond donors (Lipinski definition) is 0. The van der Waals surface area contributed by atoms with E-state index in [1.807, 2.05) is 0 Å². The van der Waals surface area contributed by atoms with Crippen molar-refractivity contribution in [3.8, 4) is 0 Å². The van der Waals surface area contributed by atoms with E-state index >= 15 is 0 Å². The second kappa shape index (κ2) is 6.04. The van der Waals surface area contributed by atoms with Gasteiger partial charge in [0.25, 0.3) is 0 Å². The summed E-state index contributed by atoms with van der Waals surface area (Å²) in [5.74, 6) is 0.838. The lowest BCUT2D eigenvalue weighted by Gasteiger charge is -2.13. The molecule has 0 aromatic heterocycles. The van der Waals surface area contributed by atoms with Gasteiger partial charge < -0.3 is 4.74 Å². The number of ether oxygens (including phenoxy) is 1. The third-order valence-corrected chi connectivity index (χ3v) is 3.27. The van der Waals surface area contributed by atoms with Crippen LogP contribution in [0.2, 0.25) is 0 Å². The van der Waals surface area contributed by atoms with Crippen LogP contribution >= 0.6 is 0 Å². The monoisotopic (exact) mass is 236 g/mol. The second-order valence-electron chi connectivity index (χ2n) is 5.51. The molecule has 0 N–H and O–H groups in total. The average Bonchev–Trinajstić information content (AvgIpc) is 2.57. The molecule has 1 fully saturated rings. The van der Waals surface area contributed by atoms with Crippen LogP contribution in [-0.2, 0) is 9.53 Å². The van der Waals surface area contributed by atoms with E-state index < -0.39 is 0 Å². The maximum atomic E-state index is 11.8. The van der Waals surface area contributed by atoms with Crippen LogP contribution in [0.3, 0.4) is 0 Å². The van der Waals surface area contributed by atoms with Crippen molar-refractivity contribution in [3.05, 3.63) is 23.3 Å². The zero-order valence-corrected chi connectivity index (χ0v) is 11.6. The molecule has 1 aliphatic rings. The van der Waals surface area contributed by atoms with Crippen LogP contribution in [-0.4, -0.2) is 13.1 Å². The van der Waals surface area contributed by atoms with E-state index in [0.29, 0.717) is 11.8 Å². The van der Waals surface area contributed by atoms with Crippen molar-refractivity contribution in [2.75, 3.05) is 7.11 Å². The molecule has 1 saturated carbocycles. The Kier molecular flexibility index (Phi) is 4.98. The second-order valence-corrected chi connectivity index (χ2v) is 5.51. The van der Waals surface area contributed by atoms with Crippen LogP contribution in [0, 0.1) is 17.8 Å². The minimum Gasteiger partial charge on any atom is -0.469 e. The Hall–Kier alpha value is -1.05. The van der Waals surface area contributed by atoms with Crippen molar-refractivity contribution in [1.82, 2.24) is 0 Å². The summed E-state index contributed by atoms with van der Waals surface area (Å²) < 4.78 is 4.91. The van der Waals surface area contributed by atoms with E-state index in [-0.39, 0.29) is 11.9 Å². The Labute approximate surface area is 105 Å². The molecule has 96 valence electrons. The van der Waals surface area contributed by atoms with Gasteiger partial charge in [0.2, 0.25) is 0 Å².